The molecule has 1 nitrogen and oxygen atoms in total. The molecular weight excluding hydrogens is 438 g/mol. The van der Waals surface area contributed by atoms with E-state index in [1.165, 1.54) is 56.1 Å². The van der Waals surface area contributed by atoms with Crippen LogP contribution >= 0.6 is 0 Å². The van der Waals surface area contributed by atoms with Crippen molar-refractivity contribution in [2.24, 2.45) is 11.8 Å². The molecule has 192 valence electrons. The molecule has 0 aromatic heterocycles. The highest BCUT2D eigenvalue weighted by Gasteiger charge is 2.27. The molecule has 0 amide bonds. The summed E-state index contributed by atoms with van der Waals surface area (Å²) in [5.41, 5.74) is 3.50. The Kier molecular flexibility index (Phi) is 9.63. The molecule has 0 unspecified atom stereocenters. The fourth-order valence-electron chi connectivity index (χ4n) is 6.47. The van der Waals surface area contributed by atoms with Gasteiger partial charge in [-0.05, 0) is 117 Å². The predicted octanol–water partition coefficient (Wildman–Crippen LogP) is 9.73. The molecular formula is C32H44F2O. The lowest BCUT2D eigenvalue weighted by molar-refractivity contribution is 0.288. The van der Waals surface area contributed by atoms with E-state index in [1.54, 1.807) is 12.1 Å². The van der Waals surface area contributed by atoms with E-state index in [9.17, 15) is 8.78 Å². The van der Waals surface area contributed by atoms with Crippen LogP contribution in [0.3, 0.4) is 0 Å². The average molecular weight is 483 g/mol. The average Bonchev–Trinajstić information content (AvgIpc) is 2.90. The molecule has 2 aliphatic rings. The third-order valence-electron chi connectivity index (χ3n) is 8.66. The van der Waals surface area contributed by atoms with E-state index in [1.807, 2.05) is 6.92 Å². The van der Waals surface area contributed by atoms with Crippen molar-refractivity contribution in [3.05, 3.63) is 64.7 Å². The summed E-state index contributed by atoms with van der Waals surface area (Å²) in [5.74, 6) is 1.02. The molecule has 2 aromatic carbocycles. The lowest BCUT2D eigenvalue weighted by Gasteiger charge is -2.29. The van der Waals surface area contributed by atoms with E-state index in [0.717, 1.165) is 50.4 Å². The van der Waals surface area contributed by atoms with Gasteiger partial charge in [-0.1, -0.05) is 57.0 Å². The molecule has 0 aliphatic heterocycles. The Morgan fingerprint density at radius 2 is 1.31 bits per heavy atom. The maximum absolute atomic E-state index is 14.7. The minimum Gasteiger partial charge on any atom is -0.490 e. The Morgan fingerprint density at radius 3 is 1.94 bits per heavy atom. The van der Waals surface area contributed by atoms with Crippen LogP contribution in [0.1, 0.15) is 119 Å². The molecule has 4 rings (SSSR count). The molecule has 0 N–H and O–H groups in total. The second kappa shape index (κ2) is 12.9. The van der Waals surface area contributed by atoms with Crippen LogP contribution in [0.25, 0.3) is 0 Å². The van der Waals surface area contributed by atoms with Gasteiger partial charge in [-0.25, -0.2) is 4.39 Å². The summed E-state index contributed by atoms with van der Waals surface area (Å²) in [6.45, 7) is 4.67. The van der Waals surface area contributed by atoms with Gasteiger partial charge < -0.3 is 4.74 Å². The summed E-state index contributed by atoms with van der Waals surface area (Å²) in [5, 5.41) is 0. The second-order valence-corrected chi connectivity index (χ2v) is 11.1. The highest BCUT2D eigenvalue weighted by molar-refractivity contribution is 5.33. The minimum absolute atomic E-state index is 0.0389. The number of aryl methyl sites for hydroxylation is 1. The van der Waals surface area contributed by atoms with Crippen molar-refractivity contribution >= 4 is 0 Å². The van der Waals surface area contributed by atoms with Crippen molar-refractivity contribution in [1.82, 2.24) is 0 Å². The Balaban J connectivity index is 1.22. The first-order valence-corrected chi connectivity index (χ1v) is 14.3. The van der Waals surface area contributed by atoms with Gasteiger partial charge in [0.1, 0.15) is 0 Å². The van der Waals surface area contributed by atoms with Gasteiger partial charge in [0.2, 0.25) is 5.82 Å². The lowest BCUT2D eigenvalue weighted by Crippen LogP contribution is -2.16. The molecule has 0 atom stereocenters. The van der Waals surface area contributed by atoms with E-state index in [4.69, 9.17) is 4.74 Å². The zero-order chi connectivity index (χ0) is 24.6. The molecule has 2 saturated carbocycles. The third-order valence-corrected chi connectivity index (χ3v) is 8.66. The summed E-state index contributed by atoms with van der Waals surface area (Å²) in [6, 6.07) is 12.8. The molecule has 0 bridgehead atoms. The van der Waals surface area contributed by atoms with Gasteiger partial charge in [0.05, 0.1) is 6.61 Å². The van der Waals surface area contributed by atoms with Crippen molar-refractivity contribution in [1.29, 1.82) is 0 Å². The van der Waals surface area contributed by atoms with Gasteiger partial charge in [0.15, 0.2) is 11.6 Å². The van der Waals surface area contributed by atoms with E-state index >= 15 is 0 Å². The summed E-state index contributed by atoms with van der Waals surface area (Å²) in [6.07, 6.45) is 15.4. The lowest BCUT2D eigenvalue weighted by atomic mass is 9.76. The summed E-state index contributed by atoms with van der Waals surface area (Å²) >= 11 is 0. The second-order valence-electron chi connectivity index (χ2n) is 11.1. The maximum atomic E-state index is 14.7. The first kappa shape index (κ1) is 26.2. The molecule has 3 heteroatoms. The van der Waals surface area contributed by atoms with Crippen LogP contribution in [0.15, 0.2) is 36.4 Å². The number of benzene rings is 2. The van der Waals surface area contributed by atoms with Gasteiger partial charge in [0, 0.05) is 0 Å². The highest BCUT2D eigenvalue weighted by atomic mass is 19.2. The molecule has 0 heterocycles. The van der Waals surface area contributed by atoms with E-state index in [0.29, 0.717) is 18.1 Å². The molecule has 35 heavy (non-hydrogen) atoms. The smallest absolute Gasteiger partial charge is 0.200 e. The molecule has 2 aliphatic carbocycles. The van der Waals surface area contributed by atoms with E-state index in [-0.39, 0.29) is 11.7 Å². The standard InChI is InChI=1S/C32H44F2O/c1-3-5-23-8-14-26(15-9-23)27-16-10-24(11-17-27)6-7-25-12-18-28(19-13-25)29-20-21-30(35-22-4-2)32(34)31(29)33/h10-11,16-17,20-21,23,25-26,28H,3-9,12-15,18-19,22H2,1-2H3. The predicted molar refractivity (Wildman–Crippen MR) is 141 cm³/mol. The zero-order valence-electron chi connectivity index (χ0n) is 21.8. The van der Waals surface area contributed by atoms with Crippen LogP contribution in [0.4, 0.5) is 8.78 Å². The van der Waals surface area contributed by atoms with Gasteiger partial charge in [-0.2, -0.15) is 4.39 Å². The minimum atomic E-state index is -0.824. The number of ether oxygens (including phenoxy) is 1. The van der Waals surface area contributed by atoms with E-state index < -0.39 is 11.6 Å². The van der Waals surface area contributed by atoms with Crippen molar-refractivity contribution in [3.8, 4) is 5.75 Å². The summed E-state index contributed by atoms with van der Waals surface area (Å²) < 4.78 is 34.5. The molecule has 0 spiro atoms. The number of hydrogen-bond donors (Lipinski definition) is 0. The molecule has 2 aromatic rings. The van der Waals surface area contributed by atoms with Crippen molar-refractivity contribution in [2.75, 3.05) is 6.61 Å². The largest absolute Gasteiger partial charge is 0.490 e. The molecule has 0 radical (unpaired) electrons. The molecule has 0 saturated heterocycles. The Labute approximate surface area is 211 Å². The molecule has 2 fully saturated rings. The summed E-state index contributed by atoms with van der Waals surface area (Å²) in [4.78, 5) is 0. The van der Waals surface area contributed by atoms with Gasteiger partial charge in [-0.15, -0.1) is 0 Å². The monoisotopic (exact) mass is 482 g/mol. The van der Waals surface area contributed by atoms with Crippen LogP contribution in [0.2, 0.25) is 0 Å². The van der Waals surface area contributed by atoms with Crippen molar-refractivity contribution in [3.63, 3.8) is 0 Å². The summed E-state index contributed by atoms with van der Waals surface area (Å²) in [7, 11) is 0. The number of halogens is 2. The van der Waals surface area contributed by atoms with Crippen LogP contribution in [0, 0.1) is 23.5 Å². The maximum Gasteiger partial charge on any atom is 0.200 e. The van der Waals surface area contributed by atoms with Crippen LogP contribution in [-0.2, 0) is 6.42 Å². The van der Waals surface area contributed by atoms with Gasteiger partial charge in [0.25, 0.3) is 0 Å². The Hall–Kier alpha value is -1.90. The normalized spacial score (nSPS) is 24.9. The third kappa shape index (κ3) is 6.86. The van der Waals surface area contributed by atoms with Crippen molar-refractivity contribution < 1.29 is 13.5 Å². The highest BCUT2D eigenvalue weighted by Crippen LogP contribution is 2.40. The van der Waals surface area contributed by atoms with Gasteiger partial charge >= 0.3 is 0 Å². The zero-order valence-corrected chi connectivity index (χ0v) is 21.8. The van der Waals surface area contributed by atoms with Crippen LogP contribution < -0.4 is 4.74 Å². The van der Waals surface area contributed by atoms with Crippen LogP contribution in [0.5, 0.6) is 5.75 Å². The van der Waals surface area contributed by atoms with Crippen LogP contribution in [-0.4, -0.2) is 6.61 Å². The van der Waals surface area contributed by atoms with Crippen molar-refractivity contribution in [2.45, 2.75) is 109 Å². The Bertz CT molecular complexity index is 906. The fraction of sp³-hybridized carbons (Fsp3) is 0.625. The quantitative estimate of drug-likeness (QED) is 0.327. The topological polar surface area (TPSA) is 9.23 Å². The fourth-order valence-corrected chi connectivity index (χ4v) is 6.47. The first-order valence-electron chi connectivity index (χ1n) is 14.3. The van der Waals surface area contributed by atoms with Gasteiger partial charge in [-0.3, -0.25) is 0 Å². The number of hydrogen-bond acceptors (Lipinski definition) is 1. The SMILES string of the molecule is CCCOc1ccc(C2CCC(CCc3ccc(C4CCC(CCC)CC4)cc3)CC2)c(F)c1F. The van der Waals surface area contributed by atoms with E-state index in [2.05, 4.69) is 31.2 Å². The first-order chi connectivity index (χ1) is 17.1. The Morgan fingerprint density at radius 1 is 0.686 bits per heavy atom. The number of rotatable bonds is 10.